The predicted octanol–water partition coefficient (Wildman–Crippen LogP) is 1.50. The van der Waals surface area contributed by atoms with Gasteiger partial charge in [0.05, 0.1) is 11.6 Å². The predicted molar refractivity (Wildman–Crippen MR) is 85.6 cm³/mol. The molecule has 0 spiro atoms. The molecular formula is C13H18Cl2N2O4S. The van der Waals surface area contributed by atoms with Crippen molar-refractivity contribution in [2.45, 2.75) is 18.2 Å². The van der Waals surface area contributed by atoms with Crippen LogP contribution >= 0.6 is 23.2 Å². The van der Waals surface area contributed by atoms with E-state index in [1.807, 2.05) is 0 Å². The lowest BCUT2D eigenvalue weighted by molar-refractivity contribution is -0.121. The highest BCUT2D eigenvalue weighted by molar-refractivity contribution is 7.89. The molecule has 1 aromatic rings. The number of hydrogen-bond acceptors (Lipinski definition) is 4. The van der Waals surface area contributed by atoms with Gasteiger partial charge >= 0.3 is 0 Å². The number of rotatable bonds is 8. The zero-order chi connectivity index (χ0) is 16.8. The van der Waals surface area contributed by atoms with E-state index < -0.39 is 15.9 Å². The molecule has 6 nitrogen and oxygen atoms in total. The van der Waals surface area contributed by atoms with Crippen molar-refractivity contribution >= 4 is 39.1 Å². The van der Waals surface area contributed by atoms with Crippen LogP contribution in [0.1, 0.15) is 13.3 Å². The van der Waals surface area contributed by atoms with Crippen LogP contribution in [-0.2, 0) is 14.8 Å². The fourth-order valence-corrected chi connectivity index (χ4v) is 3.85. The highest BCUT2D eigenvalue weighted by Gasteiger charge is 2.27. The van der Waals surface area contributed by atoms with Gasteiger partial charge in [0.25, 0.3) is 0 Å². The van der Waals surface area contributed by atoms with E-state index in [0.717, 1.165) is 4.31 Å². The Balaban J connectivity index is 2.93. The van der Waals surface area contributed by atoms with Crippen molar-refractivity contribution in [1.82, 2.24) is 9.62 Å². The Labute approximate surface area is 140 Å². The van der Waals surface area contributed by atoms with Crippen molar-refractivity contribution in [2.75, 3.05) is 26.2 Å². The first-order chi connectivity index (χ1) is 10.3. The number of carbonyl (C=O) groups is 1. The Morgan fingerprint density at radius 2 is 2.05 bits per heavy atom. The molecular weight excluding hydrogens is 351 g/mol. The molecule has 0 fully saturated rings. The van der Waals surface area contributed by atoms with Crippen LogP contribution < -0.4 is 5.32 Å². The molecule has 0 radical (unpaired) electrons. The number of carbonyl (C=O) groups excluding carboxylic acids is 1. The number of likely N-dealkylation sites (N-methyl/N-ethyl adjacent to an activating group) is 1. The second kappa shape index (κ2) is 8.69. The third kappa shape index (κ3) is 5.10. The average molecular weight is 369 g/mol. The van der Waals surface area contributed by atoms with E-state index in [-0.39, 0.29) is 41.2 Å². The zero-order valence-electron chi connectivity index (χ0n) is 12.1. The number of amides is 1. The summed E-state index contributed by atoms with van der Waals surface area (Å²) >= 11 is 11.7. The zero-order valence-corrected chi connectivity index (χ0v) is 14.4. The van der Waals surface area contributed by atoms with Crippen molar-refractivity contribution < 1.29 is 18.3 Å². The number of sulfonamides is 1. The first kappa shape index (κ1) is 19.2. The number of nitrogens with one attached hydrogen (secondary N) is 1. The highest BCUT2D eigenvalue weighted by Crippen LogP contribution is 2.27. The summed E-state index contributed by atoms with van der Waals surface area (Å²) in [7, 11) is -3.92. The molecule has 124 valence electrons. The Morgan fingerprint density at radius 3 is 2.64 bits per heavy atom. The summed E-state index contributed by atoms with van der Waals surface area (Å²) in [5.74, 6) is -0.447. The molecule has 0 heterocycles. The van der Waals surface area contributed by atoms with Crippen LogP contribution in [0, 0.1) is 0 Å². The van der Waals surface area contributed by atoms with Crippen molar-refractivity contribution in [3.8, 4) is 0 Å². The maximum atomic E-state index is 12.6. The highest BCUT2D eigenvalue weighted by atomic mass is 35.5. The van der Waals surface area contributed by atoms with Crippen LogP contribution in [0.4, 0.5) is 0 Å². The van der Waals surface area contributed by atoms with Crippen molar-refractivity contribution in [3.05, 3.63) is 28.2 Å². The number of aliphatic hydroxyl groups is 1. The smallest absolute Gasteiger partial charge is 0.245 e. The normalized spacial score (nSPS) is 11.7. The summed E-state index contributed by atoms with van der Waals surface area (Å²) < 4.78 is 26.1. The molecule has 0 aromatic heterocycles. The molecule has 1 rings (SSSR count). The van der Waals surface area contributed by atoms with E-state index in [4.69, 9.17) is 28.3 Å². The minimum atomic E-state index is -3.92. The number of aliphatic hydroxyl groups excluding tert-OH is 1. The van der Waals surface area contributed by atoms with E-state index in [9.17, 15) is 13.2 Å². The largest absolute Gasteiger partial charge is 0.396 e. The summed E-state index contributed by atoms with van der Waals surface area (Å²) in [6.07, 6.45) is 0.407. The van der Waals surface area contributed by atoms with Crippen molar-refractivity contribution in [1.29, 1.82) is 0 Å². The minimum absolute atomic E-state index is 0.0449. The van der Waals surface area contributed by atoms with Gasteiger partial charge in [0, 0.05) is 24.7 Å². The number of nitrogens with zero attached hydrogens (tertiary/aromatic N) is 1. The monoisotopic (exact) mass is 368 g/mol. The maximum absolute atomic E-state index is 12.6. The number of hydrogen-bond donors (Lipinski definition) is 2. The molecule has 0 aliphatic rings. The van der Waals surface area contributed by atoms with Gasteiger partial charge in [-0.3, -0.25) is 4.79 Å². The molecule has 1 amide bonds. The molecule has 22 heavy (non-hydrogen) atoms. The molecule has 0 aliphatic heterocycles. The number of halogens is 2. The van der Waals surface area contributed by atoms with Crippen LogP contribution in [0.25, 0.3) is 0 Å². The maximum Gasteiger partial charge on any atom is 0.245 e. The van der Waals surface area contributed by atoms with Gasteiger partial charge in [0.2, 0.25) is 15.9 Å². The standard InChI is InChI=1S/C13H18Cl2N2O4S/c1-2-17(9-13(19)16-6-3-7-18)22(20,21)12-8-10(14)4-5-11(12)15/h4-5,8,18H,2-3,6-7,9H2,1H3,(H,16,19). The van der Waals surface area contributed by atoms with Crippen molar-refractivity contribution in [2.24, 2.45) is 0 Å². The lowest BCUT2D eigenvalue weighted by atomic mass is 10.4. The Hall–Kier alpha value is -0.860. The van der Waals surface area contributed by atoms with Gasteiger partial charge < -0.3 is 10.4 Å². The Bertz CT molecular complexity index is 622. The lowest BCUT2D eigenvalue weighted by Crippen LogP contribution is -2.41. The van der Waals surface area contributed by atoms with Crippen LogP contribution in [0.5, 0.6) is 0 Å². The topological polar surface area (TPSA) is 86.7 Å². The summed E-state index contributed by atoms with van der Waals surface area (Å²) in [5.41, 5.74) is 0. The van der Waals surface area contributed by atoms with Gasteiger partial charge in [-0.15, -0.1) is 0 Å². The molecule has 1 aromatic carbocycles. The number of benzene rings is 1. The van der Waals surface area contributed by atoms with Crippen LogP contribution in [-0.4, -0.2) is 50.0 Å². The second-order valence-electron chi connectivity index (χ2n) is 4.43. The van der Waals surface area contributed by atoms with E-state index in [1.54, 1.807) is 6.92 Å². The molecule has 2 N–H and O–H groups in total. The van der Waals surface area contributed by atoms with Gasteiger partial charge in [-0.1, -0.05) is 30.1 Å². The van der Waals surface area contributed by atoms with Gasteiger partial charge in [-0.2, -0.15) is 4.31 Å². The van der Waals surface area contributed by atoms with Crippen molar-refractivity contribution in [3.63, 3.8) is 0 Å². The van der Waals surface area contributed by atoms with Crippen LogP contribution in [0.15, 0.2) is 23.1 Å². The summed E-state index contributed by atoms with van der Waals surface area (Å²) in [6.45, 7) is 1.64. The van der Waals surface area contributed by atoms with Gasteiger partial charge in [-0.05, 0) is 24.6 Å². The van der Waals surface area contributed by atoms with Crippen LogP contribution in [0.3, 0.4) is 0 Å². The fraction of sp³-hybridized carbons (Fsp3) is 0.462. The molecule has 0 saturated carbocycles. The van der Waals surface area contributed by atoms with Gasteiger partial charge in [0.15, 0.2) is 0 Å². The average Bonchev–Trinajstić information content (AvgIpc) is 2.47. The minimum Gasteiger partial charge on any atom is -0.396 e. The first-order valence-electron chi connectivity index (χ1n) is 6.65. The Morgan fingerprint density at radius 1 is 1.36 bits per heavy atom. The van der Waals surface area contributed by atoms with Gasteiger partial charge in [-0.25, -0.2) is 8.42 Å². The van der Waals surface area contributed by atoms with E-state index in [1.165, 1.54) is 18.2 Å². The van der Waals surface area contributed by atoms with E-state index in [2.05, 4.69) is 5.32 Å². The Kier molecular flexibility index (Phi) is 7.58. The van der Waals surface area contributed by atoms with Gasteiger partial charge in [0.1, 0.15) is 4.90 Å². The van der Waals surface area contributed by atoms with Crippen LogP contribution in [0.2, 0.25) is 10.0 Å². The van der Waals surface area contributed by atoms with E-state index >= 15 is 0 Å². The summed E-state index contributed by atoms with van der Waals surface area (Å²) in [4.78, 5) is 11.6. The molecule has 0 atom stereocenters. The third-order valence-electron chi connectivity index (χ3n) is 2.84. The SMILES string of the molecule is CCN(CC(=O)NCCCO)S(=O)(=O)c1cc(Cl)ccc1Cl. The van der Waals surface area contributed by atoms with E-state index in [0.29, 0.717) is 6.42 Å². The molecule has 0 bridgehead atoms. The second-order valence-corrected chi connectivity index (χ2v) is 7.18. The summed E-state index contributed by atoms with van der Waals surface area (Å²) in [5, 5.41) is 11.5. The third-order valence-corrected chi connectivity index (χ3v) is 5.48. The molecule has 0 saturated heterocycles. The molecule has 0 unspecified atom stereocenters. The fourth-order valence-electron chi connectivity index (χ4n) is 1.70. The molecule has 9 heteroatoms. The first-order valence-corrected chi connectivity index (χ1v) is 8.85. The summed E-state index contributed by atoms with van der Waals surface area (Å²) in [6, 6.07) is 4.14. The quantitative estimate of drug-likeness (QED) is 0.680. The molecule has 0 aliphatic carbocycles. The lowest BCUT2D eigenvalue weighted by Gasteiger charge is -2.20.